The van der Waals surface area contributed by atoms with Gasteiger partial charge in [0.25, 0.3) is 5.91 Å². The van der Waals surface area contributed by atoms with Crippen molar-refractivity contribution in [2.24, 2.45) is 0 Å². The van der Waals surface area contributed by atoms with Crippen molar-refractivity contribution in [2.75, 3.05) is 18.9 Å². The number of aromatic nitrogens is 1. The Morgan fingerprint density at radius 3 is 2.92 bits per heavy atom. The summed E-state index contributed by atoms with van der Waals surface area (Å²) in [5.74, 6) is -0.146. The lowest BCUT2D eigenvalue weighted by Gasteiger charge is -2.10. The smallest absolute Gasteiger partial charge is 0.263 e. The second-order valence-corrected chi connectivity index (χ2v) is 7.66. The molecule has 1 saturated heterocycles. The lowest BCUT2D eigenvalue weighted by molar-refractivity contribution is 0.0862. The molecule has 1 aliphatic rings. The molecule has 1 amide bonds. The summed E-state index contributed by atoms with van der Waals surface area (Å²) in [5.41, 5.74) is 10.1. The molecule has 1 aliphatic heterocycles. The highest BCUT2D eigenvalue weighted by Gasteiger charge is 2.21. The van der Waals surface area contributed by atoms with Crippen molar-refractivity contribution in [3.05, 3.63) is 34.2 Å². The van der Waals surface area contributed by atoms with Gasteiger partial charge >= 0.3 is 0 Å². The van der Waals surface area contributed by atoms with Crippen LogP contribution >= 0.6 is 11.3 Å². The number of benzene rings is 1. The van der Waals surface area contributed by atoms with Gasteiger partial charge < -0.3 is 15.8 Å². The molecule has 3 heterocycles. The van der Waals surface area contributed by atoms with E-state index in [4.69, 9.17) is 15.5 Å². The Labute approximate surface area is 150 Å². The molecule has 0 saturated carbocycles. The van der Waals surface area contributed by atoms with Crippen LogP contribution in [-0.4, -0.2) is 30.1 Å². The van der Waals surface area contributed by atoms with Gasteiger partial charge in [-0.3, -0.25) is 4.79 Å². The lowest BCUT2D eigenvalue weighted by atomic mass is 10.1. The second-order valence-electron chi connectivity index (χ2n) is 6.66. The molecule has 4 rings (SSSR count). The van der Waals surface area contributed by atoms with Crippen LogP contribution in [0.4, 0.5) is 5.69 Å². The quantitative estimate of drug-likeness (QED) is 0.753. The monoisotopic (exact) mass is 355 g/mol. The van der Waals surface area contributed by atoms with Crippen LogP contribution in [0.5, 0.6) is 0 Å². The van der Waals surface area contributed by atoms with Gasteiger partial charge in [0.1, 0.15) is 9.71 Å². The summed E-state index contributed by atoms with van der Waals surface area (Å²) in [7, 11) is 0. The van der Waals surface area contributed by atoms with Crippen molar-refractivity contribution in [3.63, 3.8) is 0 Å². The molecule has 1 aromatic carbocycles. The number of rotatable bonds is 3. The van der Waals surface area contributed by atoms with Crippen molar-refractivity contribution in [2.45, 2.75) is 32.8 Å². The minimum atomic E-state index is -0.146. The summed E-state index contributed by atoms with van der Waals surface area (Å²) in [6.07, 6.45) is 2.17. The van der Waals surface area contributed by atoms with E-state index in [0.29, 0.717) is 17.1 Å². The zero-order valence-corrected chi connectivity index (χ0v) is 15.2. The minimum absolute atomic E-state index is 0.117. The van der Waals surface area contributed by atoms with E-state index in [1.54, 1.807) is 0 Å². The van der Waals surface area contributed by atoms with Gasteiger partial charge in [0, 0.05) is 23.9 Å². The van der Waals surface area contributed by atoms with Crippen molar-refractivity contribution in [3.8, 4) is 0 Å². The average molecular weight is 355 g/mol. The van der Waals surface area contributed by atoms with Gasteiger partial charge in [-0.1, -0.05) is 0 Å². The number of anilines is 1. The number of carbonyl (C=O) groups excluding carboxylic acids is 1. The zero-order chi connectivity index (χ0) is 17.6. The van der Waals surface area contributed by atoms with E-state index in [-0.39, 0.29) is 12.0 Å². The first-order valence-corrected chi connectivity index (χ1v) is 9.34. The fourth-order valence-electron chi connectivity index (χ4n) is 3.23. The van der Waals surface area contributed by atoms with Gasteiger partial charge in [0.15, 0.2) is 0 Å². The molecular weight excluding hydrogens is 334 g/mol. The Balaban J connectivity index is 1.68. The normalized spacial score (nSPS) is 17.4. The summed E-state index contributed by atoms with van der Waals surface area (Å²) < 4.78 is 5.55. The topological polar surface area (TPSA) is 77.2 Å². The Morgan fingerprint density at radius 1 is 1.36 bits per heavy atom. The van der Waals surface area contributed by atoms with E-state index in [9.17, 15) is 4.79 Å². The maximum atomic E-state index is 12.5. The summed E-state index contributed by atoms with van der Waals surface area (Å²) in [4.78, 5) is 18.6. The molecule has 3 N–H and O–H groups in total. The van der Waals surface area contributed by atoms with E-state index in [1.807, 2.05) is 6.07 Å². The number of hydrogen-bond donors (Lipinski definition) is 2. The predicted molar refractivity (Wildman–Crippen MR) is 102 cm³/mol. The van der Waals surface area contributed by atoms with Gasteiger partial charge in [-0.15, -0.1) is 11.3 Å². The number of ether oxygens (including phenoxy) is 1. The van der Waals surface area contributed by atoms with Gasteiger partial charge in [-0.2, -0.15) is 0 Å². The number of aryl methyl sites for hydroxylation is 2. The van der Waals surface area contributed by atoms with Gasteiger partial charge in [0.05, 0.1) is 17.3 Å². The summed E-state index contributed by atoms with van der Waals surface area (Å²) in [6.45, 7) is 5.47. The molecule has 2 aromatic heterocycles. The number of nitrogens with one attached hydrogen (secondary N) is 1. The van der Waals surface area contributed by atoms with Crippen LogP contribution in [0.2, 0.25) is 0 Å². The van der Waals surface area contributed by atoms with E-state index in [1.165, 1.54) is 22.5 Å². The fourth-order valence-corrected chi connectivity index (χ4v) is 4.23. The third kappa shape index (κ3) is 2.96. The average Bonchev–Trinajstić information content (AvgIpc) is 3.21. The molecule has 0 aliphatic carbocycles. The van der Waals surface area contributed by atoms with Crippen LogP contribution in [0.1, 0.15) is 33.6 Å². The molecule has 5 nitrogen and oxygen atoms in total. The van der Waals surface area contributed by atoms with E-state index in [0.717, 1.165) is 40.6 Å². The standard InChI is InChI=1S/C19H21N3O2S/c1-10-6-12-8-14-16(20)17(18(23)21-9-13-4-3-5-24-13)25-19(14)22-15(12)7-11(10)2/h6-8,13H,3-5,9,20H2,1-2H3,(H,21,23)/t13-/m0/s1. The highest BCUT2D eigenvalue weighted by Crippen LogP contribution is 2.35. The molecule has 6 heteroatoms. The van der Waals surface area contributed by atoms with Crippen LogP contribution in [-0.2, 0) is 4.74 Å². The maximum Gasteiger partial charge on any atom is 0.263 e. The number of nitrogens with zero attached hydrogens (tertiary/aromatic N) is 1. The highest BCUT2D eigenvalue weighted by atomic mass is 32.1. The third-order valence-electron chi connectivity index (χ3n) is 4.85. The third-order valence-corrected chi connectivity index (χ3v) is 5.96. The largest absolute Gasteiger partial charge is 0.397 e. The molecule has 0 bridgehead atoms. The highest BCUT2D eigenvalue weighted by molar-refractivity contribution is 7.21. The molecule has 3 aromatic rings. The number of amides is 1. The van der Waals surface area contributed by atoms with Crippen LogP contribution in [0, 0.1) is 13.8 Å². The first kappa shape index (κ1) is 16.3. The van der Waals surface area contributed by atoms with Gasteiger partial charge in [-0.05, 0) is 56.0 Å². The molecule has 25 heavy (non-hydrogen) atoms. The Hall–Kier alpha value is -2.18. The van der Waals surface area contributed by atoms with Gasteiger partial charge in [-0.25, -0.2) is 4.98 Å². The van der Waals surface area contributed by atoms with E-state index < -0.39 is 0 Å². The molecule has 0 radical (unpaired) electrons. The van der Waals surface area contributed by atoms with Crippen molar-refractivity contribution < 1.29 is 9.53 Å². The van der Waals surface area contributed by atoms with Crippen LogP contribution < -0.4 is 11.1 Å². The molecule has 0 unspecified atom stereocenters. The molecular formula is C19H21N3O2S. The molecule has 1 fully saturated rings. The number of carbonyl (C=O) groups is 1. The SMILES string of the molecule is Cc1cc2cc3c(N)c(C(=O)NC[C@@H]4CCCO4)sc3nc2cc1C. The molecule has 1 atom stereocenters. The number of hydrogen-bond acceptors (Lipinski definition) is 5. The van der Waals surface area contributed by atoms with Gasteiger partial charge in [0.2, 0.25) is 0 Å². The van der Waals surface area contributed by atoms with Crippen LogP contribution in [0.15, 0.2) is 18.2 Å². The first-order valence-electron chi connectivity index (χ1n) is 8.52. The Bertz CT molecular complexity index is 974. The zero-order valence-electron chi connectivity index (χ0n) is 14.4. The lowest BCUT2D eigenvalue weighted by Crippen LogP contribution is -2.31. The second kappa shape index (κ2) is 6.28. The summed E-state index contributed by atoms with van der Waals surface area (Å²) in [6, 6.07) is 6.23. The number of thiophene rings is 1. The van der Waals surface area contributed by atoms with E-state index in [2.05, 4.69) is 31.3 Å². The molecule has 0 spiro atoms. The van der Waals surface area contributed by atoms with Crippen LogP contribution in [0.3, 0.4) is 0 Å². The molecule has 130 valence electrons. The van der Waals surface area contributed by atoms with Crippen LogP contribution in [0.25, 0.3) is 21.1 Å². The fraction of sp³-hybridized carbons (Fsp3) is 0.368. The summed E-state index contributed by atoms with van der Waals surface area (Å²) >= 11 is 1.35. The Morgan fingerprint density at radius 2 is 2.16 bits per heavy atom. The first-order chi connectivity index (χ1) is 12.0. The maximum absolute atomic E-state index is 12.5. The number of fused-ring (bicyclic) bond motifs is 2. The summed E-state index contributed by atoms with van der Waals surface area (Å²) in [5, 5.41) is 4.84. The van der Waals surface area contributed by atoms with E-state index >= 15 is 0 Å². The Kier molecular flexibility index (Phi) is 4.09. The van der Waals surface area contributed by atoms with Crippen molar-refractivity contribution in [1.82, 2.24) is 10.3 Å². The number of pyridine rings is 1. The number of nitrogen functional groups attached to an aromatic ring is 1. The van der Waals surface area contributed by atoms with Crippen molar-refractivity contribution in [1.29, 1.82) is 0 Å². The number of nitrogens with two attached hydrogens (primary N) is 1. The minimum Gasteiger partial charge on any atom is -0.397 e. The van der Waals surface area contributed by atoms with Crippen molar-refractivity contribution >= 4 is 44.1 Å². The predicted octanol–water partition coefficient (Wildman–Crippen LogP) is 3.56.